The number of amides is 2. The molecule has 1 heterocycles. The first-order valence-electron chi connectivity index (χ1n) is 8.84. The van der Waals surface area contributed by atoms with Crippen LogP contribution >= 0.6 is 0 Å². The topological polar surface area (TPSA) is 75.4 Å². The van der Waals surface area contributed by atoms with Crippen LogP contribution in [0, 0.1) is 12.8 Å². The molecule has 1 atom stereocenters. The Kier molecular flexibility index (Phi) is 4.90. The van der Waals surface area contributed by atoms with E-state index in [0.29, 0.717) is 6.54 Å². The van der Waals surface area contributed by atoms with Crippen molar-refractivity contribution < 1.29 is 9.59 Å². The first kappa shape index (κ1) is 17.0. The SMILES string of the molecule is Cc1ccc(CC2(NC(=O)C3CCCN(CC(N)=O)C3)CC2)cc1. The van der Waals surface area contributed by atoms with Crippen molar-refractivity contribution in [1.82, 2.24) is 10.2 Å². The van der Waals surface area contributed by atoms with Gasteiger partial charge in [-0.05, 0) is 51.1 Å². The summed E-state index contributed by atoms with van der Waals surface area (Å²) in [4.78, 5) is 25.8. The van der Waals surface area contributed by atoms with Gasteiger partial charge in [0.2, 0.25) is 11.8 Å². The molecule has 24 heavy (non-hydrogen) atoms. The summed E-state index contributed by atoms with van der Waals surface area (Å²) < 4.78 is 0. The summed E-state index contributed by atoms with van der Waals surface area (Å²) >= 11 is 0. The first-order valence-corrected chi connectivity index (χ1v) is 8.84. The fraction of sp³-hybridized carbons (Fsp3) is 0.579. The Morgan fingerprint density at radius 3 is 2.62 bits per heavy atom. The molecule has 1 aromatic rings. The number of carbonyl (C=O) groups is 2. The van der Waals surface area contributed by atoms with Gasteiger partial charge in [0.1, 0.15) is 0 Å². The van der Waals surface area contributed by atoms with Crippen LogP contribution in [0.5, 0.6) is 0 Å². The third kappa shape index (κ3) is 4.35. The van der Waals surface area contributed by atoms with Crippen LogP contribution in [-0.4, -0.2) is 41.9 Å². The van der Waals surface area contributed by atoms with E-state index in [0.717, 1.165) is 38.6 Å². The highest BCUT2D eigenvalue weighted by Gasteiger charge is 2.45. The highest BCUT2D eigenvalue weighted by molar-refractivity contribution is 5.80. The largest absolute Gasteiger partial charge is 0.369 e. The van der Waals surface area contributed by atoms with Crippen molar-refractivity contribution in [2.75, 3.05) is 19.6 Å². The molecule has 5 nitrogen and oxygen atoms in total. The van der Waals surface area contributed by atoms with Crippen molar-refractivity contribution in [1.29, 1.82) is 0 Å². The molecule has 0 bridgehead atoms. The van der Waals surface area contributed by atoms with Gasteiger partial charge in [0, 0.05) is 12.1 Å². The predicted molar refractivity (Wildman–Crippen MR) is 93.3 cm³/mol. The molecule has 1 unspecified atom stereocenters. The molecule has 0 spiro atoms. The summed E-state index contributed by atoms with van der Waals surface area (Å²) in [6, 6.07) is 8.54. The van der Waals surface area contributed by atoms with E-state index < -0.39 is 0 Å². The van der Waals surface area contributed by atoms with Crippen LogP contribution in [0.1, 0.15) is 36.8 Å². The quantitative estimate of drug-likeness (QED) is 0.828. The number of nitrogens with zero attached hydrogens (tertiary/aromatic N) is 1. The van der Waals surface area contributed by atoms with E-state index in [4.69, 9.17) is 5.73 Å². The molecule has 1 aliphatic heterocycles. The smallest absolute Gasteiger partial charge is 0.231 e. The molecule has 1 aromatic carbocycles. The van der Waals surface area contributed by atoms with Crippen molar-refractivity contribution in [2.45, 2.75) is 44.6 Å². The second-order valence-corrected chi connectivity index (χ2v) is 7.47. The van der Waals surface area contributed by atoms with Crippen molar-refractivity contribution in [3.63, 3.8) is 0 Å². The van der Waals surface area contributed by atoms with Gasteiger partial charge in [-0.25, -0.2) is 0 Å². The van der Waals surface area contributed by atoms with Gasteiger partial charge in [-0.2, -0.15) is 0 Å². The van der Waals surface area contributed by atoms with Crippen LogP contribution in [-0.2, 0) is 16.0 Å². The van der Waals surface area contributed by atoms with E-state index in [-0.39, 0.29) is 29.8 Å². The number of likely N-dealkylation sites (tertiary alicyclic amines) is 1. The molecule has 130 valence electrons. The summed E-state index contributed by atoms with van der Waals surface area (Å²) in [6.07, 6.45) is 4.82. The number of nitrogens with one attached hydrogen (secondary N) is 1. The molecule has 0 radical (unpaired) electrons. The minimum atomic E-state index is -0.325. The van der Waals surface area contributed by atoms with Crippen molar-refractivity contribution in [3.8, 4) is 0 Å². The third-order valence-corrected chi connectivity index (χ3v) is 5.16. The van der Waals surface area contributed by atoms with Gasteiger partial charge in [-0.15, -0.1) is 0 Å². The lowest BCUT2D eigenvalue weighted by Gasteiger charge is -2.32. The van der Waals surface area contributed by atoms with Crippen LogP contribution < -0.4 is 11.1 Å². The van der Waals surface area contributed by atoms with Gasteiger partial charge < -0.3 is 11.1 Å². The van der Waals surface area contributed by atoms with E-state index in [1.807, 2.05) is 4.90 Å². The van der Waals surface area contributed by atoms with Gasteiger partial charge >= 0.3 is 0 Å². The average Bonchev–Trinajstić information content (AvgIpc) is 3.28. The van der Waals surface area contributed by atoms with E-state index in [2.05, 4.69) is 36.5 Å². The van der Waals surface area contributed by atoms with E-state index in [1.165, 1.54) is 11.1 Å². The zero-order valence-corrected chi connectivity index (χ0v) is 14.4. The monoisotopic (exact) mass is 329 g/mol. The minimum Gasteiger partial charge on any atom is -0.369 e. The molecule has 1 aliphatic carbocycles. The number of aryl methyl sites for hydroxylation is 1. The first-order chi connectivity index (χ1) is 11.5. The van der Waals surface area contributed by atoms with Gasteiger partial charge in [-0.1, -0.05) is 29.8 Å². The number of piperidine rings is 1. The number of carbonyl (C=O) groups excluding carboxylic acids is 2. The summed E-state index contributed by atoms with van der Waals surface area (Å²) in [6.45, 7) is 3.81. The number of hydrogen-bond acceptors (Lipinski definition) is 3. The molecular formula is C19H27N3O2. The van der Waals surface area contributed by atoms with E-state index >= 15 is 0 Å². The Labute approximate surface area is 143 Å². The van der Waals surface area contributed by atoms with Gasteiger partial charge in [-0.3, -0.25) is 14.5 Å². The third-order valence-electron chi connectivity index (χ3n) is 5.16. The van der Waals surface area contributed by atoms with Crippen LogP contribution in [0.3, 0.4) is 0 Å². The second kappa shape index (κ2) is 6.93. The molecule has 2 aliphatic rings. The standard InChI is InChI=1S/C19H27N3O2/c1-14-4-6-15(7-5-14)11-19(8-9-19)21-18(24)16-3-2-10-22(12-16)13-17(20)23/h4-7,16H,2-3,8-13H2,1H3,(H2,20,23)(H,21,24). The van der Waals surface area contributed by atoms with Crippen LogP contribution in [0.25, 0.3) is 0 Å². The van der Waals surface area contributed by atoms with Crippen LogP contribution in [0.4, 0.5) is 0 Å². The minimum absolute atomic E-state index is 0.0337. The van der Waals surface area contributed by atoms with E-state index in [1.54, 1.807) is 0 Å². The zero-order valence-electron chi connectivity index (χ0n) is 14.4. The molecule has 0 aromatic heterocycles. The molecule has 1 saturated carbocycles. The average molecular weight is 329 g/mol. The summed E-state index contributed by atoms with van der Waals surface area (Å²) in [5.41, 5.74) is 7.74. The Morgan fingerprint density at radius 2 is 2.00 bits per heavy atom. The molecule has 2 fully saturated rings. The molecule has 3 N–H and O–H groups in total. The normalized spacial score (nSPS) is 22.8. The molecular weight excluding hydrogens is 302 g/mol. The summed E-state index contributed by atoms with van der Waals surface area (Å²) in [7, 11) is 0. The second-order valence-electron chi connectivity index (χ2n) is 7.47. The van der Waals surface area contributed by atoms with Crippen LogP contribution in [0.15, 0.2) is 24.3 Å². The molecule has 1 saturated heterocycles. The molecule has 2 amide bonds. The number of benzene rings is 1. The van der Waals surface area contributed by atoms with Gasteiger partial charge in [0.15, 0.2) is 0 Å². The van der Waals surface area contributed by atoms with Crippen molar-refractivity contribution in [2.24, 2.45) is 11.7 Å². The fourth-order valence-corrected chi connectivity index (χ4v) is 3.59. The highest BCUT2D eigenvalue weighted by atomic mass is 16.2. The number of rotatable bonds is 6. The summed E-state index contributed by atoms with van der Waals surface area (Å²) in [5, 5.41) is 3.29. The Hall–Kier alpha value is -1.88. The van der Waals surface area contributed by atoms with Crippen molar-refractivity contribution in [3.05, 3.63) is 35.4 Å². The van der Waals surface area contributed by atoms with Crippen molar-refractivity contribution >= 4 is 11.8 Å². The molecule has 5 heteroatoms. The Morgan fingerprint density at radius 1 is 1.29 bits per heavy atom. The van der Waals surface area contributed by atoms with E-state index in [9.17, 15) is 9.59 Å². The molecule has 3 rings (SSSR count). The van der Waals surface area contributed by atoms with Crippen LogP contribution in [0.2, 0.25) is 0 Å². The zero-order chi connectivity index (χ0) is 17.2. The summed E-state index contributed by atoms with van der Waals surface area (Å²) in [5.74, 6) is -0.225. The fourth-order valence-electron chi connectivity index (χ4n) is 3.59. The highest BCUT2D eigenvalue weighted by Crippen LogP contribution is 2.39. The van der Waals surface area contributed by atoms with Gasteiger partial charge in [0.05, 0.1) is 12.5 Å². The lowest BCUT2D eigenvalue weighted by atomic mass is 9.95. The Bertz CT molecular complexity index is 608. The Balaban J connectivity index is 1.55. The maximum absolute atomic E-state index is 12.7. The maximum atomic E-state index is 12.7. The lowest BCUT2D eigenvalue weighted by Crippen LogP contribution is -2.49. The number of nitrogens with two attached hydrogens (primary N) is 1. The number of primary amides is 1. The number of hydrogen-bond donors (Lipinski definition) is 2. The lowest BCUT2D eigenvalue weighted by molar-refractivity contribution is -0.129. The van der Waals surface area contributed by atoms with Gasteiger partial charge in [0.25, 0.3) is 0 Å². The predicted octanol–water partition coefficient (Wildman–Crippen LogP) is 1.38. The maximum Gasteiger partial charge on any atom is 0.231 e.